The molecule has 2 saturated heterocycles. The predicted octanol–water partition coefficient (Wildman–Crippen LogP) is 1.46. The highest BCUT2D eigenvalue weighted by atomic mass is 16.7. The first-order valence-electron chi connectivity index (χ1n) is 8.98. The number of hydrogen-bond acceptors (Lipinski definition) is 5. The number of fused-ring (bicyclic) bond motifs is 2. The molecule has 0 radical (unpaired) electrons. The number of aliphatic hydroxyl groups excluding tert-OH is 1. The van der Waals surface area contributed by atoms with Crippen molar-refractivity contribution in [1.29, 1.82) is 0 Å². The molecule has 132 valence electrons. The molecule has 4 bridgehead atoms. The monoisotopic (exact) mass is 342 g/mol. The van der Waals surface area contributed by atoms with Gasteiger partial charge in [0.25, 0.3) is 5.91 Å². The maximum Gasteiger partial charge on any atom is 0.264 e. The lowest BCUT2D eigenvalue weighted by molar-refractivity contribution is -0.152. The van der Waals surface area contributed by atoms with Crippen molar-refractivity contribution in [1.82, 2.24) is 0 Å². The minimum atomic E-state index is -0.928. The van der Waals surface area contributed by atoms with Gasteiger partial charge in [-0.15, -0.1) is 0 Å². The topological polar surface area (TPSA) is 71.4 Å². The van der Waals surface area contributed by atoms with E-state index < -0.39 is 17.6 Å². The lowest BCUT2D eigenvalue weighted by atomic mass is 9.70. The largest absolute Gasteiger partial charge is 0.390 e. The summed E-state index contributed by atoms with van der Waals surface area (Å²) in [5.41, 5.74) is 1.77. The second-order valence-electron chi connectivity index (χ2n) is 7.45. The summed E-state index contributed by atoms with van der Waals surface area (Å²) in [6, 6.07) is 7.67. The van der Waals surface area contributed by atoms with Crippen molar-refractivity contribution in [3.8, 4) is 0 Å². The molecule has 0 unspecified atom stereocenters. The third-order valence-electron chi connectivity index (χ3n) is 6.55. The highest BCUT2D eigenvalue weighted by molar-refractivity contribution is 6.07. The molecule has 1 aromatic carbocycles. The van der Waals surface area contributed by atoms with E-state index in [4.69, 9.17) is 14.6 Å². The molecule has 6 nitrogen and oxygen atoms in total. The number of rotatable bonds is 2. The molecule has 4 aliphatic heterocycles. The molecular formula is C19H22N2O4. The number of hydroxylamine groups is 1. The normalized spacial score (nSPS) is 41.2. The molecule has 1 aromatic rings. The van der Waals surface area contributed by atoms with Gasteiger partial charge in [-0.2, -0.15) is 5.06 Å². The Labute approximate surface area is 146 Å². The van der Waals surface area contributed by atoms with E-state index in [2.05, 4.69) is 6.92 Å². The van der Waals surface area contributed by atoms with Gasteiger partial charge in [-0.3, -0.25) is 14.6 Å². The molecule has 25 heavy (non-hydrogen) atoms. The van der Waals surface area contributed by atoms with Crippen LogP contribution in [0.25, 0.3) is 0 Å². The van der Waals surface area contributed by atoms with E-state index in [1.54, 1.807) is 0 Å². The third-order valence-corrected chi connectivity index (χ3v) is 6.55. The molecule has 6 rings (SSSR count). The zero-order chi connectivity index (χ0) is 17.3. The van der Waals surface area contributed by atoms with Crippen molar-refractivity contribution in [3.63, 3.8) is 0 Å². The number of anilines is 1. The predicted molar refractivity (Wildman–Crippen MR) is 91.5 cm³/mol. The van der Waals surface area contributed by atoms with Crippen molar-refractivity contribution >= 4 is 17.3 Å². The van der Waals surface area contributed by atoms with Crippen LogP contribution in [0.15, 0.2) is 29.3 Å². The van der Waals surface area contributed by atoms with Crippen molar-refractivity contribution < 1.29 is 19.5 Å². The maximum absolute atomic E-state index is 13.4. The first-order valence-corrected chi connectivity index (χ1v) is 8.98. The van der Waals surface area contributed by atoms with E-state index in [-0.39, 0.29) is 23.8 Å². The molecule has 4 heterocycles. The van der Waals surface area contributed by atoms with E-state index in [0.29, 0.717) is 13.0 Å². The van der Waals surface area contributed by atoms with E-state index in [9.17, 15) is 9.90 Å². The second kappa shape index (κ2) is 5.13. The van der Waals surface area contributed by atoms with Gasteiger partial charge in [-0.05, 0) is 24.5 Å². The highest BCUT2D eigenvalue weighted by Gasteiger charge is 2.67. The molecule has 1 aliphatic carbocycles. The van der Waals surface area contributed by atoms with Crippen LogP contribution in [-0.4, -0.2) is 48.7 Å². The Morgan fingerprint density at radius 2 is 2.24 bits per heavy atom. The molecule has 1 spiro atoms. The number of ether oxygens (including phenoxy) is 1. The van der Waals surface area contributed by atoms with Gasteiger partial charge in [0.05, 0.1) is 31.5 Å². The molecule has 5 aliphatic rings. The SMILES string of the molecule is CCC1=N[C@H]2C[C@]3(C(=O)N(OC)c4ccccc43)[C@@H]3OC[C@@H]2[C@@H]1[C@H]3O. The minimum absolute atomic E-state index is 0.00434. The number of amides is 1. The van der Waals surface area contributed by atoms with E-state index >= 15 is 0 Å². The van der Waals surface area contributed by atoms with Crippen LogP contribution in [0.1, 0.15) is 25.3 Å². The molecule has 1 N–H and O–H groups in total. The van der Waals surface area contributed by atoms with Crippen LogP contribution in [0.2, 0.25) is 0 Å². The maximum atomic E-state index is 13.4. The smallest absolute Gasteiger partial charge is 0.264 e. The zero-order valence-corrected chi connectivity index (χ0v) is 14.4. The second-order valence-corrected chi connectivity index (χ2v) is 7.45. The lowest BCUT2D eigenvalue weighted by Gasteiger charge is -2.42. The van der Waals surface area contributed by atoms with Crippen LogP contribution in [0.4, 0.5) is 5.69 Å². The van der Waals surface area contributed by atoms with Gasteiger partial charge in [-0.1, -0.05) is 25.1 Å². The summed E-state index contributed by atoms with van der Waals surface area (Å²) in [5, 5.41) is 12.5. The van der Waals surface area contributed by atoms with Crippen LogP contribution in [0.3, 0.4) is 0 Å². The van der Waals surface area contributed by atoms with Gasteiger partial charge in [0, 0.05) is 17.5 Å². The van der Waals surface area contributed by atoms with Gasteiger partial charge in [-0.25, -0.2) is 0 Å². The van der Waals surface area contributed by atoms with Crippen LogP contribution < -0.4 is 5.06 Å². The zero-order valence-electron chi connectivity index (χ0n) is 14.4. The number of aliphatic imine (C=N–C) groups is 1. The molecule has 6 atom stereocenters. The molecule has 0 aromatic heterocycles. The van der Waals surface area contributed by atoms with E-state index in [0.717, 1.165) is 23.4 Å². The number of nitrogens with zero attached hydrogens (tertiary/aromatic N) is 2. The summed E-state index contributed by atoms with van der Waals surface area (Å²) in [5.74, 6) is 0.0171. The fourth-order valence-electron chi connectivity index (χ4n) is 5.54. The Hall–Kier alpha value is -1.76. The Kier molecular flexibility index (Phi) is 3.18. The van der Waals surface area contributed by atoms with Crippen molar-refractivity contribution in [2.75, 3.05) is 18.8 Å². The quantitative estimate of drug-likeness (QED) is 0.883. The fourth-order valence-corrected chi connectivity index (χ4v) is 5.54. The van der Waals surface area contributed by atoms with Crippen LogP contribution in [-0.2, 0) is 19.8 Å². The minimum Gasteiger partial charge on any atom is -0.390 e. The van der Waals surface area contributed by atoms with E-state index in [1.807, 2.05) is 24.3 Å². The fraction of sp³-hybridized carbons (Fsp3) is 0.579. The van der Waals surface area contributed by atoms with Crippen LogP contribution >= 0.6 is 0 Å². The van der Waals surface area contributed by atoms with Gasteiger partial charge in [0.15, 0.2) is 0 Å². The van der Waals surface area contributed by atoms with Gasteiger partial charge < -0.3 is 9.84 Å². The Bertz CT molecular complexity index is 778. The summed E-state index contributed by atoms with van der Waals surface area (Å²) in [6.07, 6.45) is 0.113. The van der Waals surface area contributed by atoms with Crippen molar-refractivity contribution in [3.05, 3.63) is 29.8 Å². The summed E-state index contributed by atoms with van der Waals surface area (Å²) < 4.78 is 6.12. The Morgan fingerprint density at radius 3 is 3.00 bits per heavy atom. The lowest BCUT2D eigenvalue weighted by Crippen LogP contribution is -2.58. The number of carbonyl (C=O) groups is 1. The molecular weight excluding hydrogens is 320 g/mol. The number of para-hydroxylation sites is 1. The number of hydrogen-bond donors (Lipinski definition) is 1. The summed E-state index contributed by atoms with van der Waals surface area (Å²) in [4.78, 5) is 23.7. The van der Waals surface area contributed by atoms with Crippen molar-refractivity contribution in [2.45, 2.75) is 43.4 Å². The van der Waals surface area contributed by atoms with Gasteiger partial charge in [0.1, 0.15) is 11.5 Å². The highest BCUT2D eigenvalue weighted by Crippen LogP contribution is 2.56. The first-order chi connectivity index (χ1) is 12.1. The number of aliphatic hydroxyl groups is 1. The number of benzene rings is 1. The molecule has 1 saturated carbocycles. The average molecular weight is 342 g/mol. The average Bonchev–Trinajstić information content (AvgIpc) is 3.00. The van der Waals surface area contributed by atoms with Crippen LogP contribution in [0, 0.1) is 11.8 Å². The summed E-state index contributed by atoms with van der Waals surface area (Å²) in [6.45, 7) is 2.63. The van der Waals surface area contributed by atoms with Gasteiger partial charge in [0.2, 0.25) is 0 Å². The molecule has 3 fully saturated rings. The summed E-state index contributed by atoms with van der Waals surface area (Å²) >= 11 is 0. The Balaban J connectivity index is 1.73. The Morgan fingerprint density at radius 1 is 1.44 bits per heavy atom. The third kappa shape index (κ3) is 1.70. The van der Waals surface area contributed by atoms with Crippen molar-refractivity contribution in [2.24, 2.45) is 16.8 Å². The first kappa shape index (κ1) is 15.5. The molecule has 6 heteroatoms. The number of carbonyl (C=O) groups excluding carboxylic acids is 1. The summed E-state index contributed by atoms with van der Waals surface area (Å²) in [7, 11) is 1.50. The molecule has 1 amide bonds. The van der Waals surface area contributed by atoms with Crippen LogP contribution in [0.5, 0.6) is 0 Å². The van der Waals surface area contributed by atoms with Gasteiger partial charge >= 0.3 is 0 Å². The standard InChI is InChI=1S/C19H22N2O4/c1-3-12-15-10-9-25-17(16(15)22)19(8-13(10)20-12)11-6-4-5-7-14(11)21(24-2)18(19)23/h4-7,10,13,15-17,22H,3,8-9H2,1-2H3/t10-,13-,15-,16+,17+,19+/m0/s1. The van der Waals surface area contributed by atoms with E-state index in [1.165, 1.54) is 12.2 Å².